The summed E-state index contributed by atoms with van der Waals surface area (Å²) in [6.07, 6.45) is 1.82. The number of amides is 1. The largest absolute Gasteiger partial charge is 0.340 e. The van der Waals surface area contributed by atoms with Gasteiger partial charge in [0.1, 0.15) is 17.5 Å². The number of pyridine rings is 1. The Balaban J connectivity index is 1.32. The number of halogens is 2. The Kier molecular flexibility index (Phi) is 5.93. The zero-order valence-electron chi connectivity index (χ0n) is 18.7. The molecule has 1 aliphatic heterocycles. The van der Waals surface area contributed by atoms with Crippen molar-refractivity contribution in [2.24, 2.45) is 0 Å². The van der Waals surface area contributed by atoms with Gasteiger partial charge in [0, 0.05) is 50.0 Å². The molecule has 7 nitrogen and oxygen atoms in total. The summed E-state index contributed by atoms with van der Waals surface area (Å²) in [7, 11) is 2.06. The number of nitrogens with one attached hydrogen (secondary N) is 2. The van der Waals surface area contributed by atoms with Gasteiger partial charge in [0.15, 0.2) is 5.65 Å². The summed E-state index contributed by atoms with van der Waals surface area (Å²) >= 11 is 0. The fourth-order valence-electron chi connectivity index (χ4n) is 4.07. The molecule has 0 spiro atoms. The maximum absolute atomic E-state index is 14.1. The van der Waals surface area contributed by atoms with Crippen LogP contribution in [0.2, 0.25) is 0 Å². The molecule has 0 radical (unpaired) electrons. The van der Waals surface area contributed by atoms with Gasteiger partial charge >= 0.3 is 0 Å². The highest BCUT2D eigenvalue weighted by Crippen LogP contribution is 2.25. The quantitative estimate of drug-likeness (QED) is 0.470. The fourth-order valence-corrected chi connectivity index (χ4v) is 4.07. The maximum Gasteiger partial charge on any atom is 0.253 e. The van der Waals surface area contributed by atoms with Crippen molar-refractivity contribution in [3.05, 3.63) is 83.1 Å². The number of rotatable bonds is 5. The molecule has 34 heavy (non-hydrogen) atoms. The lowest BCUT2D eigenvalue weighted by atomic mass is 10.1. The van der Waals surface area contributed by atoms with Gasteiger partial charge in [-0.05, 0) is 66.7 Å². The van der Waals surface area contributed by atoms with E-state index < -0.39 is 11.6 Å². The molecule has 0 atom stereocenters. The van der Waals surface area contributed by atoms with E-state index >= 15 is 0 Å². The molecule has 9 heteroatoms. The molecule has 1 fully saturated rings. The maximum atomic E-state index is 14.1. The van der Waals surface area contributed by atoms with E-state index in [1.165, 1.54) is 6.07 Å². The number of likely N-dealkylation sites (N-methyl/N-ethyl adjacent to an activating group) is 1. The number of aromatic nitrogens is 3. The van der Waals surface area contributed by atoms with E-state index in [1.54, 1.807) is 18.3 Å². The Bertz CT molecular complexity index is 1330. The Morgan fingerprint density at radius 2 is 1.82 bits per heavy atom. The van der Waals surface area contributed by atoms with Crippen molar-refractivity contribution in [3.8, 4) is 0 Å². The topological polar surface area (TPSA) is 77.1 Å². The lowest BCUT2D eigenvalue weighted by Gasteiger charge is -2.32. The molecule has 0 saturated carbocycles. The minimum Gasteiger partial charge on any atom is -0.340 e. The van der Waals surface area contributed by atoms with Crippen molar-refractivity contribution in [1.82, 2.24) is 25.0 Å². The van der Waals surface area contributed by atoms with Crippen LogP contribution >= 0.6 is 0 Å². The van der Waals surface area contributed by atoms with Crippen LogP contribution in [0.3, 0.4) is 0 Å². The lowest BCUT2D eigenvalue weighted by molar-refractivity contribution is 0.0664. The van der Waals surface area contributed by atoms with Gasteiger partial charge in [-0.3, -0.25) is 9.89 Å². The summed E-state index contributed by atoms with van der Waals surface area (Å²) in [5.74, 6) is -0.281. The number of H-pyrrole nitrogens is 1. The number of aromatic amines is 1. The van der Waals surface area contributed by atoms with E-state index in [1.807, 2.05) is 23.1 Å². The summed E-state index contributed by atoms with van der Waals surface area (Å²) < 4.78 is 27.6. The summed E-state index contributed by atoms with van der Waals surface area (Å²) in [4.78, 5) is 21.2. The summed E-state index contributed by atoms with van der Waals surface area (Å²) in [6.45, 7) is 3.20. The molecule has 0 unspecified atom stereocenters. The second-order valence-corrected chi connectivity index (χ2v) is 8.52. The molecule has 2 aromatic carbocycles. The first-order valence-corrected chi connectivity index (χ1v) is 11.1. The van der Waals surface area contributed by atoms with Crippen LogP contribution in [0.25, 0.3) is 11.0 Å². The molecule has 174 valence electrons. The second-order valence-electron chi connectivity index (χ2n) is 8.52. The Morgan fingerprint density at radius 1 is 1.06 bits per heavy atom. The summed E-state index contributed by atoms with van der Waals surface area (Å²) in [5, 5.41) is 11.1. The van der Waals surface area contributed by atoms with Crippen molar-refractivity contribution < 1.29 is 13.6 Å². The number of hydrogen-bond acceptors (Lipinski definition) is 5. The molecule has 1 aliphatic rings. The van der Waals surface area contributed by atoms with Crippen LogP contribution in [0.5, 0.6) is 0 Å². The van der Waals surface area contributed by atoms with Crippen LogP contribution in [0.15, 0.2) is 54.7 Å². The van der Waals surface area contributed by atoms with Gasteiger partial charge in [-0.2, -0.15) is 5.10 Å². The fraction of sp³-hybridized carbons (Fsp3) is 0.240. The van der Waals surface area contributed by atoms with E-state index in [0.29, 0.717) is 17.0 Å². The van der Waals surface area contributed by atoms with Crippen molar-refractivity contribution >= 4 is 28.4 Å². The van der Waals surface area contributed by atoms with Crippen molar-refractivity contribution in [2.45, 2.75) is 6.42 Å². The molecule has 1 saturated heterocycles. The minimum absolute atomic E-state index is 0.0325. The number of carbonyl (C=O) groups excluding carboxylic acids is 1. The molecule has 2 N–H and O–H groups in total. The second kappa shape index (κ2) is 9.18. The van der Waals surface area contributed by atoms with Gasteiger partial charge in [-0.1, -0.05) is 0 Å². The van der Waals surface area contributed by atoms with Gasteiger partial charge < -0.3 is 15.1 Å². The van der Waals surface area contributed by atoms with Crippen LogP contribution in [-0.4, -0.2) is 64.1 Å². The molecule has 2 aromatic heterocycles. The first kappa shape index (κ1) is 22.0. The molecule has 3 heterocycles. The van der Waals surface area contributed by atoms with Crippen LogP contribution < -0.4 is 5.32 Å². The smallest absolute Gasteiger partial charge is 0.253 e. The van der Waals surface area contributed by atoms with Crippen LogP contribution in [0, 0.1) is 11.6 Å². The summed E-state index contributed by atoms with van der Waals surface area (Å²) in [5.41, 5.74) is 2.93. The Morgan fingerprint density at radius 3 is 2.59 bits per heavy atom. The molecule has 0 bridgehead atoms. The van der Waals surface area contributed by atoms with E-state index in [2.05, 4.69) is 32.4 Å². The average Bonchev–Trinajstić information content (AvgIpc) is 3.24. The van der Waals surface area contributed by atoms with Crippen molar-refractivity contribution in [2.75, 3.05) is 38.5 Å². The third-order valence-corrected chi connectivity index (χ3v) is 6.06. The average molecular weight is 463 g/mol. The molecular formula is C25H24F2N6O. The van der Waals surface area contributed by atoms with E-state index in [9.17, 15) is 13.6 Å². The number of anilines is 2. The van der Waals surface area contributed by atoms with Crippen molar-refractivity contribution in [1.29, 1.82) is 0 Å². The van der Waals surface area contributed by atoms with E-state index in [-0.39, 0.29) is 17.9 Å². The Labute approximate surface area is 195 Å². The highest BCUT2D eigenvalue weighted by atomic mass is 19.1. The lowest BCUT2D eigenvalue weighted by Crippen LogP contribution is -2.47. The standard InChI is InChI=1S/C25H24F2N6O/c1-32-8-10-33(11-9-32)25(34)17-2-5-20(6-3-17)29-24-21-13-16(15-28-23(21)30-31-24)12-18-14-19(26)4-7-22(18)27/h2-7,13-15H,8-12H2,1H3,(H2,28,29,30,31). The molecule has 1 amide bonds. The van der Waals surface area contributed by atoms with Crippen LogP contribution in [-0.2, 0) is 6.42 Å². The first-order valence-electron chi connectivity index (χ1n) is 11.1. The monoisotopic (exact) mass is 462 g/mol. The summed E-state index contributed by atoms with van der Waals surface area (Å²) in [6, 6.07) is 12.6. The zero-order chi connectivity index (χ0) is 23.7. The number of piperazine rings is 1. The molecule has 0 aliphatic carbocycles. The third kappa shape index (κ3) is 4.60. The number of carbonyl (C=O) groups is 1. The van der Waals surface area contributed by atoms with Gasteiger partial charge in [0.2, 0.25) is 0 Å². The number of benzene rings is 2. The number of nitrogens with zero attached hydrogens (tertiary/aromatic N) is 4. The normalized spacial score (nSPS) is 14.5. The van der Waals surface area contributed by atoms with Crippen LogP contribution in [0.1, 0.15) is 21.5 Å². The van der Waals surface area contributed by atoms with Gasteiger partial charge in [0.05, 0.1) is 5.39 Å². The molecular weight excluding hydrogens is 438 g/mol. The van der Waals surface area contributed by atoms with E-state index in [0.717, 1.165) is 54.9 Å². The molecule has 5 rings (SSSR count). The Hall–Kier alpha value is -3.85. The highest BCUT2D eigenvalue weighted by molar-refractivity contribution is 5.95. The van der Waals surface area contributed by atoms with Gasteiger partial charge in [-0.15, -0.1) is 0 Å². The molecule has 4 aromatic rings. The van der Waals surface area contributed by atoms with Crippen molar-refractivity contribution in [3.63, 3.8) is 0 Å². The van der Waals surface area contributed by atoms with Crippen LogP contribution in [0.4, 0.5) is 20.3 Å². The van der Waals surface area contributed by atoms with E-state index in [4.69, 9.17) is 0 Å². The zero-order valence-corrected chi connectivity index (χ0v) is 18.7. The number of fused-ring (bicyclic) bond motifs is 1. The van der Waals surface area contributed by atoms with Gasteiger partial charge in [0.25, 0.3) is 5.91 Å². The highest BCUT2D eigenvalue weighted by Gasteiger charge is 2.20. The predicted molar refractivity (Wildman–Crippen MR) is 126 cm³/mol. The predicted octanol–water partition coefficient (Wildman–Crippen LogP) is 3.96. The SMILES string of the molecule is CN1CCN(C(=O)c2ccc(Nc3[nH]nc4ncc(Cc5cc(F)ccc5F)cc34)cc2)CC1. The minimum atomic E-state index is -0.481. The third-order valence-electron chi connectivity index (χ3n) is 6.06. The van der Waals surface area contributed by atoms with Gasteiger partial charge in [-0.25, -0.2) is 13.8 Å². The first-order chi connectivity index (χ1) is 16.5. The number of hydrogen-bond donors (Lipinski definition) is 2.